The van der Waals surface area contributed by atoms with Crippen LogP contribution in [0.1, 0.15) is 25.7 Å². The molecule has 7 nitrogen and oxygen atoms in total. The number of likely N-dealkylation sites (N-methyl/N-ethyl adjacent to an activating group) is 1. The number of benzene rings is 2. The molecule has 2 aromatic carbocycles. The van der Waals surface area contributed by atoms with E-state index in [0.717, 1.165) is 59.6 Å². The normalized spacial score (nSPS) is 25.1. The molecule has 172 valence electrons. The second-order valence-corrected chi connectivity index (χ2v) is 9.82. The number of nitrogens with one attached hydrogen (secondary N) is 1. The van der Waals surface area contributed by atoms with Gasteiger partial charge in [-0.2, -0.15) is 9.97 Å². The van der Waals surface area contributed by atoms with Gasteiger partial charge in [0.1, 0.15) is 12.4 Å². The van der Waals surface area contributed by atoms with E-state index < -0.39 is 0 Å². The van der Waals surface area contributed by atoms with Crippen molar-refractivity contribution in [2.24, 2.45) is 0 Å². The Morgan fingerprint density at radius 2 is 1.85 bits per heavy atom. The average Bonchev–Trinajstić information content (AvgIpc) is 3.40. The minimum absolute atomic E-state index is 0.432. The molecule has 4 heterocycles. The monoisotopic (exact) mass is 444 g/mol. The van der Waals surface area contributed by atoms with Crippen LogP contribution in [-0.2, 0) is 0 Å². The number of piperazine rings is 1. The minimum Gasteiger partial charge on any atom is -0.462 e. The van der Waals surface area contributed by atoms with E-state index in [1.165, 1.54) is 19.3 Å². The van der Waals surface area contributed by atoms with Gasteiger partial charge < -0.3 is 25.6 Å². The van der Waals surface area contributed by atoms with Gasteiger partial charge in [0.15, 0.2) is 0 Å². The van der Waals surface area contributed by atoms with Gasteiger partial charge in [0.25, 0.3) is 0 Å². The van der Waals surface area contributed by atoms with Crippen LogP contribution < -0.4 is 20.7 Å². The van der Waals surface area contributed by atoms with Crippen molar-refractivity contribution in [3.8, 4) is 17.1 Å². The van der Waals surface area contributed by atoms with Crippen molar-refractivity contribution in [2.75, 3.05) is 43.9 Å². The lowest BCUT2D eigenvalue weighted by Crippen LogP contribution is -2.51. The summed E-state index contributed by atoms with van der Waals surface area (Å²) in [7, 11) is 2.17. The highest BCUT2D eigenvalue weighted by Crippen LogP contribution is 2.33. The largest absolute Gasteiger partial charge is 0.462 e. The molecule has 3 N–H and O–H groups in total. The summed E-state index contributed by atoms with van der Waals surface area (Å²) < 4.78 is 6.21. The fourth-order valence-corrected chi connectivity index (χ4v) is 5.63. The van der Waals surface area contributed by atoms with Crippen LogP contribution in [0.3, 0.4) is 0 Å². The summed E-state index contributed by atoms with van der Waals surface area (Å²) in [5, 5.41) is 4.80. The molecule has 0 aliphatic carbocycles. The van der Waals surface area contributed by atoms with Crippen LogP contribution in [0, 0.1) is 0 Å². The summed E-state index contributed by atoms with van der Waals surface area (Å²) in [6, 6.07) is 16.4. The first-order valence-corrected chi connectivity index (χ1v) is 12.1. The summed E-state index contributed by atoms with van der Waals surface area (Å²) in [5.41, 5.74) is 9.90. The zero-order valence-electron chi connectivity index (χ0n) is 19.2. The van der Waals surface area contributed by atoms with E-state index in [-0.39, 0.29) is 0 Å². The first kappa shape index (κ1) is 20.7. The maximum Gasteiger partial charge on any atom is 0.319 e. The average molecular weight is 445 g/mol. The molecular weight excluding hydrogens is 412 g/mol. The molecule has 3 aliphatic rings. The van der Waals surface area contributed by atoms with Crippen LogP contribution in [0.15, 0.2) is 42.5 Å². The van der Waals surface area contributed by atoms with Crippen molar-refractivity contribution in [1.29, 1.82) is 0 Å². The van der Waals surface area contributed by atoms with Gasteiger partial charge in [0.05, 0.1) is 5.52 Å². The molecule has 1 aromatic heterocycles. The number of hydrogen-bond donors (Lipinski definition) is 2. The zero-order chi connectivity index (χ0) is 22.4. The predicted octanol–water partition coefficient (Wildman–Crippen LogP) is 3.29. The summed E-state index contributed by atoms with van der Waals surface area (Å²) in [5.74, 6) is 0.993. The van der Waals surface area contributed by atoms with Gasteiger partial charge in [0, 0.05) is 42.3 Å². The Hall–Kier alpha value is -2.90. The Bertz CT molecular complexity index is 1150. The first-order valence-electron chi connectivity index (χ1n) is 12.1. The topological polar surface area (TPSA) is 79.5 Å². The molecule has 3 unspecified atom stereocenters. The predicted molar refractivity (Wildman–Crippen MR) is 133 cm³/mol. The Balaban J connectivity index is 1.38. The molecule has 3 aromatic rings. The van der Waals surface area contributed by atoms with E-state index in [1.54, 1.807) is 0 Å². The fourth-order valence-electron chi connectivity index (χ4n) is 5.63. The van der Waals surface area contributed by atoms with E-state index in [2.05, 4.69) is 46.4 Å². The molecule has 3 aliphatic heterocycles. The Kier molecular flexibility index (Phi) is 5.31. The number of ether oxygens (including phenoxy) is 1. The molecule has 33 heavy (non-hydrogen) atoms. The van der Waals surface area contributed by atoms with Crippen LogP contribution in [-0.4, -0.2) is 66.3 Å². The number of likely N-dealkylation sites (tertiary alicyclic amines) is 1. The number of hydrogen-bond acceptors (Lipinski definition) is 7. The molecule has 2 bridgehead atoms. The number of fused-ring (bicyclic) bond motifs is 3. The standard InChI is InChI=1S/C26H32N6O/c1-31-11-3-6-22(31)16-33-26-29-24-13-18(17-4-2-5-19(27)12-17)7-10-23(24)25(30-26)32-14-20-8-9-21(15-32)28-20/h2,4-5,7,10,12-13,20-22,28H,3,6,8-9,11,14-16,27H2,1H3. The van der Waals surface area contributed by atoms with Gasteiger partial charge in [-0.25, -0.2) is 0 Å². The lowest BCUT2D eigenvalue weighted by atomic mass is 10.0. The number of rotatable bonds is 5. The van der Waals surface area contributed by atoms with Crippen LogP contribution in [0.4, 0.5) is 11.5 Å². The highest BCUT2D eigenvalue weighted by molar-refractivity contribution is 5.93. The third-order valence-electron chi connectivity index (χ3n) is 7.47. The molecule has 3 atom stereocenters. The lowest BCUT2D eigenvalue weighted by molar-refractivity contribution is 0.188. The Labute approximate surface area is 194 Å². The first-order chi connectivity index (χ1) is 16.1. The van der Waals surface area contributed by atoms with Gasteiger partial charge >= 0.3 is 6.01 Å². The van der Waals surface area contributed by atoms with Crippen LogP contribution in [0.2, 0.25) is 0 Å². The van der Waals surface area contributed by atoms with Crippen molar-refractivity contribution in [3.63, 3.8) is 0 Å². The minimum atomic E-state index is 0.432. The molecule has 7 heteroatoms. The molecule has 0 radical (unpaired) electrons. The van der Waals surface area contributed by atoms with Gasteiger partial charge in [0.2, 0.25) is 0 Å². The van der Waals surface area contributed by atoms with Crippen molar-refractivity contribution < 1.29 is 4.74 Å². The van der Waals surface area contributed by atoms with E-state index >= 15 is 0 Å². The lowest BCUT2D eigenvalue weighted by Gasteiger charge is -2.34. The third-order valence-corrected chi connectivity index (χ3v) is 7.47. The molecule has 6 rings (SSSR count). The quantitative estimate of drug-likeness (QED) is 0.585. The zero-order valence-corrected chi connectivity index (χ0v) is 19.2. The SMILES string of the molecule is CN1CCCC1COc1nc(N2CC3CCC(C2)N3)c2ccc(-c3cccc(N)c3)cc2n1. The second kappa shape index (κ2) is 8.47. The summed E-state index contributed by atoms with van der Waals surface area (Å²) >= 11 is 0. The molecular formula is C26H32N6O. The fraction of sp³-hybridized carbons (Fsp3) is 0.462. The van der Waals surface area contributed by atoms with E-state index in [9.17, 15) is 0 Å². The Morgan fingerprint density at radius 1 is 1.03 bits per heavy atom. The van der Waals surface area contributed by atoms with Crippen molar-refractivity contribution in [3.05, 3.63) is 42.5 Å². The van der Waals surface area contributed by atoms with E-state index in [0.29, 0.717) is 30.7 Å². The Morgan fingerprint density at radius 3 is 2.61 bits per heavy atom. The summed E-state index contributed by atoms with van der Waals surface area (Å²) in [4.78, 5) is 14.6. The smallest absolute Gasteiger partial charge is 0.319 e. The molecule has 3 saturated heterocycles. The molecule has 0 spiro atoms. The summed E-state index contributed by atoms with van der Waals surface area (Å²) in [6.45, 7) is 3.71. The molecule has 0 amide bonds. The number of nitrogens with zero attached hydrogens (tertiary/aromatic N) is 4. The van der Waals surface area contributed by atoms with Crippen LogP contribution >= 0.6 is 0 Å². The second-order valence-electron chi connectivity index (χ2n) is 9.82. The van der Waals surface area contributed by atoms with Gasteiger partial charge in [-0.1, -0.05) is 18.2 Å². The highest BCUT2D eigenvalue weighted by Gasteiger charge is 2.33. The van der Waals surface area contributed by atoms with Gasteiger partial charge in [-0.15, -0.1) is 0 Å². The molecule has 3 fully saturated rings. The maximum absolute atomic E-state index is 6.21. The van der Waals surface area contributed by atoms with Crippen molar-refractivity contribution in [1.82, 2.24) is 20.2 Å². The van der Waals surface area contributed by atoms with E-state index in [1.807, 2.05) is 18.2 Å². The van der Waals surface area contributed by atoms with Gasteiger partial charge in [-0.05, 0) is 74.7 Å². The maximum atomic E-state index is 6.21. The molecule has 0 saturated carbocycles. The highest BCUT2D eigenvalue weighted by atomic mass is 16.5. The number of nitrogen functional groups attached to an aromatic ring is 1. The number of aromatic nitrogens is 2. The van der Waals surface area contributed by atoms with Crippen molar-refractivity contribution in [2.45, 2.75) is 43.8 Å². The number of anilines is 2. The van der Waals surface area contributed by atoms with Gasteiger partial charge in [-0.3, -0.25) is 0 Å². The van der Waals surface area contributed by atoms with Crippen molar-refractivity contribution >= 4 is 22.4 Å². The number of nitrogens with two attached hydrogens (primary N) is 1. The van der Waals surface area contributed by atoms with Crippen LogP contribution in [0.25, 0.3) is 22.0 Å². The van der Waals surface area contributed by atoms with E-state index in [4.69, 9.17) is 20.4 Å². The third kappa shape index (κ3) is 4.11. The van der Waals surface area contributed by atoms with Crippen LogP contribution in [0.5, 0.6) is 6.01 Å². The summed E-state index contributed by atoms with van der Waals surface area (Å²) in [6.07, 6.45) is 4.86.